The van der Waals surface area contributed by atoms with Gasteiger partial charge in [-0.3, -0.25) is 4.79 Å². The normalized spacial score (nSPS) is 12.2. The number of benzene rings is 1. The van der Waals surface area contributed by atoms with E-state index in [-0.39, 0.29) is 11.5 Å². The average molecular weight is 260 g/mol. The molecule has 0 radical (unpaired) electrons. The molecule has 1 heterocycles. The maximum absolute atomic E-state index is 11.9. The molecule has 1 atom stereocenters. The SMILES string of the molecule is COC(=O)C(C)Nc1cc(=O)n(C)c2ccccc12. The van der Waals surface area contributed by atoms with Crippen molar-refractivity contribution in [3.63, 3.8) is 0 Å². The number of aryl methyl sites for hydroxylation is 1. The van der Waals surface area contributed by atoms with Crippen molar-refractivity contribution in [2.45, 2.75) is 13.0 Å². The van der Waals surface area contributed by atoms with Gasteiger partial charge in [-0.05, 0) is 13.0 Å². The number of nitrogens with one attached hydrogen (secondary N) is 1. The van der Waals surface area contributed by atoms with Gasteiger partial charge in [0.2, 0.25) is 0 Å². The first-order chi connectivity index (χ1) is 9.04. The molecule has 0 amide bonds. The molecule has 5 heteroatoms. The van der Waals surface area contributed by atoms with Crippen molar-refractivity contribution >= 4 is 22.6 Å². The van der Waals surface area contributed by atoms with Crippen LogP contribution in [0.1, 0.15) is 6.92 Å². The number of carbonyl (C=O) groups excluding carboxylic acids is 1. The number of pyridine rings is 1. The van der Waals surface area contributed by atoms with E-state index >= 15 is 0 Å². The second kappa shape index (κ2) is 5.14. The molecule has 1 aromatic heterocycles. The van der Waals surface area contributed by atoms with Crippen LogP contribution in [0, 0.1) is 0 Å². The Hall–Kier alpha value is -2.30. The Morgan fingerprint density at radius 3 is 2.74 bits per heavy atom. The first kappa shape index (κ1) is 13.1. The maximum Gasteiger partial charge on any atom is 0.327 e. The monoisotopic (exact) mass is 260 g/mol. The van der Waals surface area contributed by atoms with Crippen molar-refractivity contribution in [2.75, 3.05) is 12.4 Å². The van der Waals surface area contributed by atoms with E-state index in [1.807, 2.05) is 24.3 Å². The van der Waals surface area contributed by atoms with Gasteiger partial charge in [-0.1, -0.05) is 18.2 Å². The molecule has 0 spiro atoms. The van der Waals surface area contributed by atoms with Crippen LogP contribution < -0.4 is 10.9 Å². The molecule has 2 rings (SSSR count). The molecule has 1 N–H and O–H groups in total. The Balaban J connectivity index is 2.52. The van der Waals surface area contributed by atoms with E-state index in [9.17, 15) is 9.59 Å². The average Bonchev–Trinajstić information content (AvgIpc) is 2.43. The van der Waals surface area contributed by atoms with E-state index in [1.54, 1.807) is 18.5 Å². The zero-order valence-electron chi connectivity index (χ0n) is 11.1. The Bertz CT molecular complexity index is 676. The van der Waals surface area contributed by atoms with Gasteiger partial charge in [0.05, 0.1) is 12.6 Å². The van der Waals surface area contributed by atoms with Crippen LogP contribution in [-0.2, 0) is 16.6 Å². The number of ether oxygens (including phenoxy) is 1. The molecule has 0 fully saturated rings. The lowest BCUT2D eigenvalue weighted by Crippen LogP contribution is -2.28. The first-order valence-electron chi connectivity index (χ1n) is 5.97. The largest absolute Gasteiger partial charge is 0.467 e. The number of carbonyl (C=O) groups is 1. The summed E-state index contributed by atoms with van der Waals surface area (Å²) in [6, 6.07) is 8.50. The molecular formula is C14H16N2O3. The topological polar surface area (TPSA) is 60.3 Å². The van der Waals surface area contributed by atoms with Gasteiger partial charge in [0.15, 0.2) is 0 Å². The van der Waals surface area contributed by atoms with E-state index in [2.05, 4.69) is 10.1 Å². The van der Waals surface area contributed by atoms with Gasteiger partial charge < -0.3 is 14.6 Å². The van der Waals surface area contributed by atoms with Crippen LogP contribution in [0.25, 0.3) is 10.9 Å². The van der Waals surface area contributed by atoms with Crippen molar-refractivity contribution in [3.8, 4) is 0 Å². The van der Waals surface area contributed by atoms with Gasteiger partial charge in [0, 0.05) is 24.2 Å². The summed E-state index contributed by atoms with van der Waals surface area (Å²) in [5.41, 5.74) is 1.32. The number of hydrogen-bond acceptors (Lipinski definition) is 4. The predicted octanol–water partition coefficient (Wildman–Crippen LogP) is 1.51. The molecule has 1 aromatic carbocycles. The van der Waals surface area contributed by atoms with Crippen LogP contribution in [0.5, 0.6) is 0 Å². The summed E-state index contributed by atoms with van der Waals surface area (Å²) in [5.74, 6) is -0.371. The number of para-hydroxylation sites is 1. The summed E-state index contributed by atoms with van der Waals surface area (Å²) >= 11 is 0. The summed E-state index contributed by atoms with van der Waals surface area (Å²) < 4.78 is 6.24. The van der Waals surface area contributed by atoms with Crippen molar-refractivity contribution in [1.82, 2.24) is 4.57 Å². The summed E-state index contributed by atoms with van der Waals surface area (Å²) in [6.07, 6.45) is 0. The molecule has 19 heavy (non-hydrogen) atoms. The van der Waals surface area contributed by atoms with Gasteiger partial charge >= 0.3 is 5.97 Å². The van der Waals surface area contributed by atoms with Crippen molar-refractivity contribution < 1.29 is 9.53 Å². The zero-order chi connectivity index (χ0) is 14.0. The molecule has 0 aliphatic heterocycles. The van der Waals surface area contributed by atoms with Gasteiger partial charge in [-0.2, -0.15) is 0 Å². The minimum Gasteiger partial charge on any atom is -0.467 e. The molecular weight excluding hydrogens is 244 g/mol. The lowest BCUT2D eigenvalue weighted by Gasteiger charge is -2.16. The highest BCUT2D eigenvalue weighted by Crippen LogP contribution is 2.21. The quantitative estimate of drug-likeness (QED) is 0.850. The fourth-order valence-electron chi connectivity index (χ4n) is 2.00. The second-order valence-electron chi connectivity index (χ2n) is 4.36. The molecule has 0 aliphatic carbocycles. The van der Waals surface area contributed by atoms with Gasteiger partial charge in [0.1, 0.15) is 6.04 Å². The fraction of sp³-hybridized carbons (Fsp3) is 0.286. The molecule has 100 valence electrons. The number of nitrogens with zero attached hydrogens (tertiary/aromatic N) is 1. The van der Waals surface area contributed by atoms with Gasteiger partial charge in [-0.25, -0.2) is 4.79 Å². The number of esters is 1. The second-order valence-corrected chi connectivity index (χ2v) is 4.36. The zero-order valence-corrected chi connectivity index (χ0v) is 11.1. The minimum absolute atomic E-state index is 0.127. The van der Waals surface area contributed by atoms with E-state index in [1.165, 1.54) is 13.2 Å². The van der Waals surface area contributed by atoms with E-state index in [0.717, 1.165) is 10.9 Å². The molecule has 0 saturated heterocycles. The highest BCUT2D eigenvalue weighted by Gasteiger charge is 2.15. The molecule has 0 saturated carbocycles. The number of anilines is 1. The fourth-order valence-corrected chi connectivity index (χ4v) is 2.00. The third kappa shape index (κ3) is 2.45. The number of rotatable bonds is 3. The summed E-state index contributed by atoms with van der Waals surface area (Å²) in [7, 11) is 3.06. The third-order valence-electron chi connectivity index (χ3n) is 3.08. The molecule has 1 unspecified atom stereocenters. The number of fused-ring (bicyclic) bond motifs is 1. The minimum atomic E-state index is -0.513. The van der Waals surface area contributed by atoms with Crippen molar-refractivity contribution in [1.29, 1.82) is 0 Å². The Morgan fingerprint density at radius 1 is 1.37 bits per heavy atom. The van der Waals surface area contributed by atoms with Crippen LogP contribution in [0.3, 0.4) is 0 Å². The Morgan fingerprint density at radius 2 is 2.05 bits per heavy atom. The first-order valence-corrected chi connectivity index (χ1v) is 5.97. The van der Waals surface area contributed by atoms with Crippen LogP contribution in [0.15, 0.2) is 35.1 Å². The number of hydrogen-bond donors (Lipinski definition) is 1. The lowest BCUT2D eigenvalue weighted by atomic mass is 10.1. The number of methoxy groups -OCH3 is 1. The van der Waals surface area contributed by atoms with Gasteiger partial charge in [0.25, 0.3) is 5.56 Å². The van der Waals surface area contributed by atoms with Crippen LogP contribution >= 0.6 is 0 Å². The smallest absolute Gasteiger partial charge is 0.327 e. The van der Waals surface area contributed by atoms with E-state index in [4.69, 9.17) is 0 Å². The molecule has 0 aliphatic rings. The standard InChI is InChI=1S/C14H16N2O3/c1-9(14(18)19-3)15-11-8-13(17)16(2)12-7-5-4-6-10(11)12/h4-9,15H,1-3H3. The van der Waals surface area contributed by atoms with Crippen LogP contribution in [-0.4, -0.2) is 23.7 Å². The van der Waals surface area contributed by atoms with Crippen LogP contribution in [0.4, 0.5) is 5.69 Å². The highest BCUT2D eigenvalue weighted by atomic mass is 16.5. The summed E-state index contributed by atoms with van der Waals surface area (Å²) in [5, 5.41) is 3.90. The Labute approximate surface area is 110 Å². The Kier molecular flexibility index (Phi) is 3.55. The summed E-state index contributed by atoms with van der Waals surface area (Å²) in [4.78, 5) is 23.3. The summed E-state index contributed by atoms with van der Waals surface area (Å²) in [6.45, 7) is 1.69. The van der Waals surface area contributed by atoms with Gasteiger partial charge in [-0.15, -0.1) is 0 Å². The van der Waals surface area contributed by atoms with E-state index < -0.39 is 6.04 Å². The maximum atomic E-state index is 11.9. The predicted molar refractivity (Wildman–Crippen MR) is 74.3 cm³/mol. The third-order valence-corrected chi connectivity index (χ3v) is 3.08. The van der Waals surface area contributed by atoms with Crippen LogP contribution in [0.2, 0.25) is 0 Å². The number of aromatic nitrogens is 1. The molecule has 2 aromatic rings. The van der Waals surface area contributed by atoms with Crippen molar-refractivity contribution in [3.05, 3.63) is 40.7 Å². The molecule has 0 bridgehead atoms. The molecule has 5 nitrogen and oxygen atoms in total. The van der Waals surface area contributed by atoms with E-state index in [0.29, 0.717) is 5.69 Å². The highest BCUT2D eigenvalue weighted by molar-refractivity contribution is 5.93. The van der Waals surface area contributed by atoms with Crippen molar-refractivity contribution in [2.24, 2.45) is 7.05 Å². The lowest BCUT2D eigenvalue weighted by molar-refractivity contribution is -0.141.